The Morgan fingerprint density at radius 1 is 1.05 bits per heavy atom. The van der Waals surface area contributed by atoms with Crippen molar-refractivity contribution in [3.8, 4) is 0 Å². The molecule has 112 valence electrons. The van der Waals surface area contributed by atoms with E-state index in [9.17, 15) is 13.2 Å². The third-order valence-electron chi connectivity index (χ3n) is 3.49. The zero-order valence-electron chi connectivity index (χ0n) is 11.8. The van der Waals surface area contributed by atoms with E-state index in [4.69, 9.17) is 0 Å². The standard InChI is InChI=1S/C16H14N2O3S/c1-17-16(19)13-9-5-8-12-14(10-18-15(12)13)22(20,21)11-6-3-2-4-7-11/h2-10,18H,1H3,(H,17,19). The number of aromatic amines is 1. The van der Waals surface area contributed by atoms with Gasteiger partial charge < -0.3 is 10.3 Å². The molecule has 0 atom stereocenters. The number of rotatable bonds is 3. The molecule has 0 aliphatic carbocycles. The van der Waals surface area contributed by atoms with Gasteiger partial charge in [-0.25, -0.2) is 8.42 Å². The maximum absolute atomic E-state index is 12.7. The molecule has 5 nitrogen and oxygen atoms in total. The molecule has 0 aliphatic rings. The number of hydrogen-bond acceptors (Lipinski definition) is 3. The molecule has 3 rings (SSSR count). The lowest BCUT2D eigenvalue weighted by atomic mass is 10.1. The number of hydrogen-bond donors (Lipinski definition) is 2. The molecular formula is C16H14N2O3S. The van der Waals surface area contributed by atoms with Crippen LogP contribution in [-0.2, 0) is 9.84 Å². The molecule has 3 aromatic rings. The molecule has 2 aromatic carbocycles. The van der Waals surface area contributed by atoms with Gasteiger partial charge in [-0.2, -0.15) is 0 Å². The Hall–Kier alpha value is -2.60. The molecule has 0 aliphatic heterocycles. The minimum atomic E-state index is -3.63. The number of nitrogens with one attached hydrogen (secondary N) is 2. The van der Waals surface area contributed by atoms with Crippen LogP contribution in [0, 0.1) is 0 Å². The van der Waals surface area contributed by atoms with Crippen LogP contribution >= 0.6 is 0 Å². The first-order valence-electron chi connectivity index (χ1n) is 6.68. The second kappa shape index (κ2) is 5.31. The number of para-hydroxylation sites is 1. The summed E-state index contributed by atoms with van der Waals surface area (Å²) in [7, 11) is -2.10. The van der Waals surface area contributed by atoms with Crippen LogP contribution in [0.15, 0.2) is 64.5 Å². The van der Waals surface area contributed by atoms with Crippen molar-refractivity contribution in [1.82, 2.24) is 10.3 Å². The summed E-state index contributed by atoms with van der Waals surface area (Å²) in [6, 6.07) is 13.2. The smallest absolute Gasteiger partial charge is 0.253 e. The largest absolute Gasteiger partial charge is 0.359 e. The Morgan fingerprint density at radius 2 is 1.77 bits per heavy atom. The second-order valence-corrected chi connectivity index (χ2v) is 6.69. The molecule has 6 heteroatoms. The van der Waals surface area contributed by atoms with Crippen molar-refractivity contribution in [2.24, 2.45) is 0 Å². The number of sulfone groups is 1. The monoisotopic (exact) mass is 314 g/mol. The molecule has 1 aromatic heterocycles. The highest BCUT2D eigenvalue weighted by atomic mass is 32.2. The van der Waals surface area contributed by atoms with Gasteiger partial charge in [-0.3, -0.25) is 4.79 Å². The summed E-state index contributed by atoms with van der Waals surface area (Å²) in [6.07, 6.45) is 1.43. The zero-order valence-corrected chi connectivity index (χ0v) is 12.6. The molecular weight excluding hydrogens is 300 g/mol. The Labute approximate surface area is 127 Å². The van der Waals surface area contributed by atoms with Gasteiger partial charge in [-0.1, -0.05) is 30.3 Å². The van der Waals surface area contributed by atoms with Crippen molar-refractivity contribution in [3.63, 3.8) is 0 Å². The van der Waals surface area contributed by atoms with Gasteiger partial charge >= 0.3 is 0 Å². The molecule has 22 heavy (non-hydrogen) atoms. The quantitative estimate of drug-likeness (QED) is 0.779. The van der Waals surface area contributed by atoms with Crippen molar-refractivity contribution in [3.05, 3.63) is 60.3 Å². The number of carbonyl (C=O) groups excluding carboxylic acids is 1. The maximum Gasteiger partial charge on any atom is 0.253 e. The summed E-state index contributed by atoms with van der Waals surface area (Å²) in [5.41, 5.74) is 0.922. The predicted molar refractivity (Wildman–Crippen MR) is 83.6 cm³/mol. The number of carbonyl (C=O) groups is 1. The van der Waals surface area contributed by atoms with E-state index in [2.05, 4.69) is 10.3 Å². The van der Waals surface area contributed by atoms with Crippen LogP contribution in [0.1, 0.15) is 10.4 Å². The minimum absolute atomic E-state index is 0.166. The lowest BCUT2D eigenvalue weighted by Gasteiger charge is -2.04. The fourth-order valence-electron chi connectivity index (χ4n) is 2.40. The van der Waals surface area contributed by atoms with Crippen LogP contribution in [0.2, 0.25) is 0 Å². The van der Waals surface area contributed by atoms with E-state index in [1.165, 1.54) is 13.2 Å². The topological polar surface area (TPSA) is 79.0 Å². The average molecular weight is 314 g/mol. The molecule has 1 heterocycles. The first-order chi connectivity index (χ1) is 10.6. The van der Waals surface area contributed by atoms with Gasteiger partial charge in [-0.05, 0) is 18.2 Å². The fraction of sp³-hybridized carbons (Fsp3) is 0.0625. The molecule has 1 amide bonds. The third-order valence-corrected chi connectivity index (χ3v) is 5.30. The summed E-state index contributed by atoms with van der Waals surface area (Å²) in [5, 5.41) is 3.05. The first-order valence-corrected chi connectivity index (χ1v) is 8.16. The maximum atomic E-state index is 12.7. The van der Waals surface area contributed by atoms with Crippen LogP contribution in [0.5, 0.6) is 0 Å². The summed E-state index contributed by atoms with van der Waals surface area (Å²) in [4.78, 5) is 15.2. The molecule has 0 spiro atoms. The molecule has 0 fully saturated rings. The first kappa shape index (κ1) is 14.3. The van der Waals surface area contributed by atoms with Gasteiger partial charge in [0.05, 0.1) is 20.9 Å². The molecule has 0 saturated heterocycles. The Morgan fingerprint density at radius 3 is 2.45 bits per heavy atom. The predicted octanol–water partition coefficient (Wildman–Crippen LogP) is 2.36. The summed E-state index contributed by atoms with van der Waals surface area (Å²) in [5.74, 6) is -0.267. The second-order valence-electron chi connectivity index (χ2n) is 4.78. The van der Waals surface area contributed by atoms with E-state index in [1.807, 2.05) is 0 Å². The van der Waals surface area contributed by atoms with Crippen LogP contribution in [0.4, 0.5) is 0 Å². The van der Waals surface area contributed by atoms with Crippen LogP contribution in [0.3, 0.4) is 0 Å². The number of benzene rings is 2. The normalized spacial score (nSPS) is 11.5. The fourth-order valence-corrected chi connectivity index (χ4v) is 3.84. The molecule has 0 saturated carbocycles. The van der Waals surface area contributed by atoms with Gasteiger partial charge in [0.1, 0.15) is 0 Å². The zero-order chi connectivity index (χ0) is 15.7. The summed E-state index contributed by atoms with van der Waals surface area (Å²) in [6.45, 7) is 0. The molecule has 0 unspecified atom stereocenters. The number of amides is 1. The van der Waals surface area contributed by atoms with E-state index in [1.54, 1.807) is 48.5 Å². The van der Waals surface area contributed by atoms with Gasteiger partial charge in [0.2, 0.25) is 9.84 Å². The number of H-pyrrole nitrogens is 1. The van der Waals surface area contributed by atoms with Crippen LogP contribution in [-0.4, -0.2) is 26.4 Å². The molecule has 0 radical (unpaired) electrons. The van der Waals surface area contributed by atoms with Crippen molar-refractivity contribution < 1.29 is 13.2 Å². The number of aromatic nitrogens is 1. The van der Waals surface area contributed by atoms with Crippen molar-refractivity contribution in [1.29, 1.82) is 0 Å². The van der Waals surface area contributed by atoms with E-state index >= 15 is 0 Å². The van der Waals surface area contributed by atoms with E-state index in [0.717, 1.165) is 0 Å². The SMILES string of the molecule is CNC(=O)c1cccc2c(S(=O)(=O)c3ccccc3)c[nH]c12. The third kappa shape index (κ3) is 2.17. The Bertz CT molecular complexity index is 944. The molecule has 0 bridgehead atoms. The highest BCUT2D eigenvalue weighted by Crippen LogP contribution is 2.29. The van der Waals surface area contributed by atoms with E-state index in [0.29, 0.717) is 16.5 Å². The summed E-state index contributed by atoms with van der Waals surface area (Å²) < 4.78 is 25.5. The van der Waals surface area contributed by atoms with Crippen molar-refractivity contribution >= 4 is 26.6 Å². The highest BCUT2D eigenvalue weighted by Gasteiger charge is 2.23. The van der Waals surface area contributed by atoms with Crippen molar-refractivity contribution in [2.75, 3.05) is 7.05 Å². The minimum Gasteiger partial charge on any atom is -0.359 e. The highest BCUT2D eigenvalue weighted by molar-refractivity contribution is 7.91. The average Bonchev–Trinajstić information content (AvgIpc) is 2.99. The lowest BCUT2D eigenvalue weighted by Crippen LogP contribution is -2.18. The lowest BCUT2D eigenvalue weighted by molar-refractivity contribution is 0.0964. The Balaban J connectivity index is 2.24. The van der Waals surface area contributed by atoms with E-state index in [-0.39, 0.29) is 15.7 Å². The van der Waals surface area contributed by atoms with E-state index < -0.39 is 9.84 Å². The summed E-state index contributed by atoms with van der Waals surface area (Å²) >= 11 is 0. The van der Waals surface area contributed by atoms with Gasteiger partial charge in [0.15, 0.2) is 0 Å². The molecule has 2 N–H and O–H groups in total. The number of fused-ring (bicyclic) bond motifs is 1. The van der Waals surface area contributed by atoms with Crippen LogP contribution < -0.4 is 5.32 Å². The van der Waals surface area contributed by atoms with Gasteiger partial charge in [0, 0.05) is 18.6 Å². The van der Waals surface area contributed by atoms with Gasteiger partial charge in [0.25, 0.3) is 5.91 Å². The van der Waals surface area contributed by atoms with Gasteiger partial charge in [-0.15, -0.1) is 0 Å². The van der Waals surface area contributed by atoms with Crippen molar-refractivity contribution in [2.45, 2.75) is 9.79 Å². The van der Waals surface area contributed by atoms with Crippen LogP contribution in [0.25, 0.3) is 10.9 Å². The Kier molecular flexibility index (Phi) is 3.46.